The molecule has 0 saturated heterocycles. The number of furan rings is 1. The van der Waals surface area contributed by atoms with Gasteiger partial charge in [0.25, 0.3) is 6.71 Å². The molecule has 7 heteroatoms. The van der Waals surface area contributed by atoms with Crippen LogP contribution in [0, 0.1) is 0 Å². The monoisotopic (exact) mass is 1370 g/mol. The van der Waals surface area contributed by atoms with Crippen LogP contribution >= 0.6 is 0 Å². The molecular weight excluding hydrogens is 1270 g/mol. The van der Waals surface area contributed by atoms with Crippen LogP contribution in [0.1, 0.15) is 81.5 Å². The van der Waals surface area contributed by atoms with Crippen molar-refractivity contribution in [3.05, 3.63) is 338 Å². The highest BCUT2D eigenvalue weighted by atomic mass is 16.3. The topological polar surface area (TPSA) is 34.4 Å². The van der Waals surface area contributed by atoms with Crippen molar-refractivity contribution >= 4 is 145 Å². The Bertz CT molecular complexity index is 7850. The summed E-state index contributed by atoms with van der Waals surface area (Å²) < 4.78 is 212. The summed E-state index contributed by atoms with van der Waals surface area (Å²) >= 11 is 0. The minimum Gasteiger partial charge on any atom is -0.452 e. The Labute approximate surface area is 639 Å². The van der Waals surface area contributed by atoms with Crippen molar-refractivity contribution in [1.29, 1.82) is 0 Å². The first-order valence-electron chi connectivity index (χ1n) is 45.5. The minimum absolute atomic E-state index is 0.120. The van der Waals surface area contributed by atoms with E-state index in [1.165, 1.54) is 9.13 Å². The molecule has 2 aliphatic rings. The van der Waals surface area contributed by atoms with E-state index in [0.29, 0.717) is 72.8 Å². The molecule has 0 amide bonds. The van der Waals surface area contributed by atoms with Crippen LogP contribution in [0.3, 0.4) is 0 Å². The van der Waals surface area contributed by atoms with Gasteiger partial charge in [-0.15, -0.1) is 0 Å². The molecule has 6 nitrogen and oxygen atoms in total. The second kappa shape index (κ2) is 22.8. The van der Waals surface area contributed by atoms with Gasteiger partial charge in [0.1, 0.15) is 0 Å². The number of para-hydroxylation sites is 6. The van der Waals surface area contributed by atoms with Crippen LogP contribution < -0.4 is 26.2 Å². The molecule has 0 fully saturated rings. The fourth-order valence-electron chi connectivity index (χ4n) is 16.4. The van der Waals surface area contributed by atoms with E-state index >= 15 is 0 Å². The number of benzene rings is 15. The SMILES string of the molecule is [2H]c1c([2H])c([2H])c(-c2cc3c4c(c2)N(c2cccc5c2oc2c(-n6c7ccc(C(C)(C)C)cc7c7cc(C(C)(C)C)ccc76)cccc25)c2cc(-n5c6c([2H])c([2H])c([2H])c([2H])c6c6c([2H])c([2H])c([2H])c([2H])c65)ccc2B4c2ccc(-n4c5c([2H])c([2H])c([2H])c([2H])c5c5c([2H])c([2H])c([2H])c([2H])c54)cc2N3c2cc(-c3ccccc3)cc(-c3ccccc3)c2)c([2H])c1[2H]. The van der Waals surface area contributed by atoms with Crippen LogP contribution in [0.4, 0.5) is 34.1 Å². The zero-order valence-electron chi connectivity index (χ0n) is 78.8. The molecule has 2 aliphatic heterocycles. The third kappa shape index (κ3) is 9.30. The minimum atomic E-state index is -0.981. The van der Waals surface area contributed by atoms with Crippen molar-refractivity contribution in [2.45, 2.75) is 52.4 Å². The lowest BCUT2D eigenvalue weighted by Gasteiger charge is -2.44. The van der Waals surface area contributed by atoms with Gasteiger partial charge in [-0.25, -0.2) is 0 Å². The molecule has 0 bridgehead atoms. The first-order chi connectivity index (χ1) is 60.1. The Morgan fingerprint density at radius 1 is 0.276 bits per heavy atom. The average molecular weight is 1370 g/mol. The fourth-order valence-corrected chi connectivity index (χ4v) is 16.4. The Morgan fingerprint density at radius 2 is 0.705 bits per heavy atom. The van der Waals surface area contributed by atoms with E-state index in [0.717, 1.165) is 60.6 Å². The summed E-state index contributed by atoms with van der Waals surface area (Å²) in [5.41, 5.74) is 12.1. The molecule has 19 aromatic rings. The summed E-state index contributed by atoms with van der Waals surface area (Å²) in [5, 5.41) is 2.83. The van der Waals surface area contributed by atoms with E-state index in [-0.39, 0.29) is 76.9 Å². The largest absolute Gasteiger partial charge is 0.452 e. The quantitative estimate of drug-likeness (QED) is 0.142. The molecule has 15 aromatic carbocycles. The predicted molar refractivity (Wildman–Crippen MR) is 444 cm³/mol. The molecule has 498 valence electrons. The van der Waals surface area contributed by atoms with Gasteiger partial charge >= 0.3 is 0 Å². The van der Waals surface area contributed by atoms with Crippen molar-refractivity contribution in [2.75, 3.05) is 9.80 Å². The van der Waals surface area contributed by atoms with Gasteiger partial charge in [-0.1, -0.05) is 253 Å². The smallest absolute Gasteiger partial charge is 0.252 e. The van der Waals surface area contributed by atoms with Gasteiger partial charge in [0.15, 0.2) is 11.2 Å². The molecule has 0 spiro atoms. The van der Waals surface area contributed by atoms with Crippen molar-refractivity contribution < 1.29 is 33.2 Å². The lowest BCUT2D eigenvalue weighted by atomic mass is 9.33. The molecule has 105 heavy (non-hydrogen) atoms. The lowest BCUT2D eigenvalue weighted by Crippen LogP contribution is -2.61. The average Bonchev–Trinajstić information content (AvgIpc) is 0.872. The predicted octanol–water partition coefficient (Wildman–Crippen LogP) is 24.6. The summed E-state index contributed by atoms with van der Waals surface area (Å²) in [5.74, 6) is 0. The standard InChI is InChI=1S/C98H72BN5O/c1-97(2,3)67-44-50-86-78(57-67)79-58-68(98(4,5)6)45-51-87(79)103(86)88-42-24-36-76-77-37-25-43-89(96(77)105-95(76)88)104-91-60-70(101-84-40-22-18-34-74(84)75-35-19-23-41-85(75)101)47-49-81(91)99-80-48-46-69(100-82-38-20-16-32-72(82)73-33-17-21-39-83(73)100)59-90(80)102(92-55-66(56-93(104)94(92)99)63-30-14-9-15-31-63)71-53-64(61-26-10-7-11-27-61)52-65(54-71)62-28-12-8-13-29-62/h7-60H,1-6H3/i9D,14D,15D,16D,17D,18D,19D,20D,21D,22D,23D,30D,31D,32D,33D,34D,35D,38D,39D,40D,41D. The van der Waals surface area contributed by atoms with E-state index in [9.17, 15) is 21.9 Å². The van der Waals surface area contributed by atoms with Gasteiger partial charge in [0.2, 0.25) is 0 Å². The van der Waals surface area contributed by atoms with Crippen LogP contribution in [-0.2, 0) is 10.8 Å². The van der Waals surface area contributed by atoms with Gasteiger partial charge in [-0.2, -0.15) is 0 Å². The number of hydrogen-bond donors (Lipinski definition) is 0. The van der Waals surface area contributed by atoms with Gasteiger partial charge in [0, 0.05) is 82.9 Å². The third-order valence-corrected chi connectivity index (χ3v) is 21.3. The van der Waals surface area contributed by atoms with Crippen LogP contribution in [0.5, 0.6) is 0 Å². The number of fused-ring (bicyclic) bond motifs is 16. The molecule has 6 heterocycles. The maximum atomic E-state index is 10.0. The van der Waals surface area contributed by atoms with E-state index in [4.69, 9.17) is 11.3 Å². The Hall–Kier alpha value is -12.8. The second-order valence-electron chi connectivity index (χ2n) is 29.3. The molecule has 0 aliphatic carbocycles. The summed E-state index contributed by atoms with van der Waals surface area (Å²) in [7, 11) is 0. The van der Waals surface area contributed by atoms with E-state index in [1.54, 1.807) is 36.4 Å². The van der Waals surface area contributed by atoms with Crippen LogP contribution in [0.2, 0.25) is 0 Å². The molecule has 0 N–H and O–H groups in total. The van der Waals surface area contributed by atoms with Crippen molar-refractivity contribution in [2.24, 2.45) is 0 Å². The number of nitrogens with zero attached hydrogens (tertiary/aromatic N) is 5. The summed E-state index contributed by atoms with van der Waals surface area (Å²) in [6.45, 7) is 12.2. The van der Waals surface area contributed by atoms with Crippen molar-refractivity contribution in [3.8, 4) is 50.4 Å². The molecular formula is C98H72BN5O. The highest BCUT2D eigenvalue weighted by molar-refractivity contribution is 7.00. The highest BCUT2D eigenvalue weighted by Gasteiger charge is 2.45. The van der Waals surface area contributed by atoms with Crippen LogP contribution in [0.25, 0.3) is 138 Å². The van der Waals surface area contributed by atoms with E-state index in [1.807, 2.05) is 131 Å². The third-order valence-electron chi connectivity index (χ3n) is 21.3. The normalized spacial score (nSPS) is 15.8. The number of rotatable bonds is 8. The van der Waals surface area contributed by atoms with Gasteiger partial charge in [-0.3, -0.25) is 0 Å². The Morgan fingerprint density at radius 3 is 1.19 bits per heavy atom. The molecule has 4 aromatic heterocycles. The van der Waals surface area contributed by atoms with Crippen molar-refractivity contribution in [3.63, 3.8) is 0 Å². The number of aromatic nitrogens is 3. The Kier molecular flexibility index (Phi) is 9.39. The molecule has 0 radical (unpaired) electrons. The first kappa shape index (κ1) is 43.2. The first-order valence-corrected chi connectivity index (χ1v) is 35.0. The van der Waals surface area contributed by atoms with Gasteiger partial charge < -0.3 is 27.9 Å². The molecule has 0 atom stereocenters. The summed E-state index contributed by atoms with van der Waals surface area (Å²) in [6, 6.07) is 52.6. The van der Waals surface area contributed by atoms with Crippen LogP contribution in [0.15, 0.2) is 331 Å². The lowest BCUT2D eigenvalue weighted by molar-refractivity contribution is 0.590. The Balaban J connectivity index is 0.940. The second-order valence-corrected chi connectivity index (χ2v) is 29.3. The molecule has 21 rings (SSSR count). The maximum absolute atomic E-state index is 10.0. The van der Waals surface area contributed by atoms with Gasteiger partial charge in [0.05, 0.1) is 73.3 Å². The van der Waals surface area contributed by atoms with Crippen molar-refractivity contribution in [1.82, 2.24) is 13.7 Å². The molecule has 0 saturated carbocycles. The zero-order valence-corrected chi connectivity index (χ0v) is 57.8. The highest BCUT2D eigenvalue weighted by Crippen LogP contribution is 2.52. The molecule has 0 unspecified atom stereocenters. The summed E-state index contributed by atoms with van der Waals surface area (Å²) in [4.78, 5) is 3.99. The number of anilines is 6. The maximum Gasteiger partial charge on any atom is 0.252 e. The zero-order chi connectivity index (χ0) is 88.4. The fraction of sp³-hybridized carbons (Fsp3) is 0.0816. The van der Waals surface area contributed by atoms with E-state index in [2.05, 4.69) is 88.6 Å². The van der Waals surface area contributed by atoms with Gasteiger partial charge in [-0.05, 0) is 187 Å². The summed E-state index contributed by atoms with van der Waals surface area (Å²) in [6.07, 6.45) is 0. The number of hydrogen-bond acceptors (Lipinski definition) is 3. The van der Waals surface area contributed by atoms with E-state index < -0.39 is 134 Å². The van der Waals surface area contributed by atoms with Crippen LogP contribution in [-0.4, -0.2) is 20.4 Å².